The highest BCUT2D eigenvalue weighted by molar-refractivity contribution is 9.10. The highest BCUT2D eigenvalue weighted by atomic mass is 79.9. The van der Waals surface area contributed by atoms with E-state index in [0.29, 0.717) is 5.02 Å². The van der Waals surface area contributed by atoms with Crippen molar-refractivity contribution in [1.29, 1.82) is 0 Å². The van der Waals surface area contributed by atoms with Crippen LogP contribution >= 0.6 is 27.5 Å². The fraction of sp³-hybridized carbons (Fsp3) is 0.100. The van der Waals surface area contributed by atoms with Crippen LogP contribution in [0.5, 0.6) is 0 Å². The molecule has 1 aromatic heterocycles. The average molecular weight is 257 g/mol. The topological polar surface area (TPSA) is 12.9 Å². The first kappa shape index (κ1) is 8.97. The summed E-state index contributed by atoms with van der Waals surface area (Å²) >= 11 is 9.47. The van der Waals surface area contributed by atoms with Crippen molar-refractivity contribution in [2.75, 3.05) is 0 Å². The van der Waals surface area contributed by atoms with Crippen LogP contribution in [0.3, 0.4) is 0 Å². The standard InChI is InChI=1S/C10H7BrClN/c1-6-2-3-7-8(11)4-5-9(12)10(7)13-6/h2-5H,1H3. The van der Waals surface area contributed by atoms with E-state index in [1.807, 2.05) is 31.2 Å². The Morgan fingerprint density at radius 3 is 2.77 bits per heavy atom. The summed E-state index contributed by atoms with van der Waals surface area (Å²) < 4.78 is 1.03. The van der Waals surface area contributed by atoms with Crippen LogP contribution < -0.4 is 0 Å². The minimum Gasteiger partial charge on any atom is -0.252 e. The molecule has 0 atom stereocenters. The summed E-state index contributed by atoms with van der Waals surface area (Å²) in [5.41, 5.74) is 1.84. The monoisotopic (exact) mass is 255 g/mol. The molecule has 0 bridgehead atoms. The molecular formula is C10H7BrClN. The second-order valence-electron chi connectivity index (χ2n) is 2.88. The number of benzene rings is 1. The number of nitrogens with zero attached hydrogens (tertiary/aromatic N) is 1. The van der Waals surface area contributed by atoms with Crippen molar-refractivity contribution >= 4 is 38.4 Å². The van der Waals surface area contributed by atoms with Gasteiger partial charge in [-0.3, -0.25) is 4.98 Å². The Bertz CT molecular complexity index is 468. The van der Waals surface area contributed by atoms with Gasteiger partial charge in [-0.1, -0.05) is 27.5 Å². The zero-order chi connectivity index (χ0) is 9.42. The largest absolute Gasteiger partial charge is 0.252 e. The summed E-state index contributed by atoms with van der Waals surface area (Å²) in [5, 5.41) is 1.75. The van der Waals surface area contributed by atoms with Gasteiger partial charge in [0.25, 0.3) is 0 Å². The van der Waals surface area contributed by atoms with E-state index in [4.69, 9.17) is 11.6 Å². The van der Waals surface area contributed by atoms with Gasteiger partial charge in [-0.05, 0) is 31.2 Å². The molecule has 0 aliphatic rings. The molecule has 1 nitrogen and oxygen atoms in total. The molecule has 1 aromatic carbocycles. The smallest absolute Gasteiger partial charge is 0.0902 e. The van der Waals surface area contributed by atoms with Gasteiger partial charge in [0.1, 0.15) is 0 Å². The van der Waals surface area contributed by atoms with Crippen LogP contribution in [0, 0.1) is 6.92 Å². The number of halogens is 2. The Kier molecular flexibility index (Phi) is 2.26. The summed E-state index contributed by atoms with van der Waals surface area (Å²) in [6, 6.07) is 7.78. The molecular weight excluding hydrogens is 249 g/mol. The number of pyridine rings is 1. The van der Waals surface area contributed by atoms with Crippen molar-refractivity contribution in [1.82, 2.24) is 4.98 Å². The molecule has 13 heavy (non-hydrogen) atoms. The first-order valence-corrected chi connectivity index (χ1v) is 5.07. The van der Waals surface area contributed by atoms with E-state index in [9.17, 15) is 0 Å². The predicted molar refractivity (Wildman–Crippen MR) is 59.2 cm³/mol. The molecule has 1 heterocycles. The quantitative estimate of drug-likeness (QED) is 0.695. The first-order valence-electron chi connectivity index (χ1n) is 3.90. The van der Waals surface area contributed by atoms with Crippen molar-refractivity contribution in [3.05, 3.63) is 39.5 Å². The molecule has 2 aromatic rings. The average Bonchev–Trinajstić information content (AvgIpc) is 2.12. The molecule has 0 aliphatic heterocycles. The molecule has 0 fully saturated rings. The van der Waals surface area contributed by atoms with Gasteiger partial charge in [0.05, 0.1) is 10.5 Å². The van der Waals surface area contributed by atoms with Crippen LogP contribution in [0.25, 0.3) is 10.9 Å². The van der Waals surface area contributed by atoms with E-state index in [-0.39, 0.29) is 0 Å². The highest BCUT2D eigenvalue weighted by Crippen LogP contribution is 2.28. The number of fused-ring (bicyclic) bond motifs is 1. The van der Waals surface area contributed by atoms with E-state index in [2.05, 4.69) is 20.9 Å². The molecule has 0 N–H and O–H groups in total. The Labute approximate surface area is 89.9 Å². The van der Waals surface area contributed by atoms with Crippen molar-refractivity contribution in [3.8, 4) is 0 Å². The molecule has 0 amide bonds. The summed E-state index contributed by atoms with van der Waals surface area (Å²) in [7, 11) is 0. The van der Waals surface area contributed by atoms with Crippen molar-refractivity contribution in [2.24, 2.45) is 0 Å². The van der Waals surface area contributed by atoms with Gasteiger partial charge in [0, 0.05) is 15.6 Å². The van der Waals surface area contributed by atoms with Gasteiger partial charge < -0.3 is 0 Å². The third-order valence-corrected chi connectivity index (χ3v) is 2.89. The number of aromatic nitrogens is 1. The minimum absolute atomic E-state index is 0.696. The van der Waals surface area contributed by atoms with E-state index in [1.165, 1.54) is 0 Å². The Morgan fingerprint density at radius 1 is 1.23 bits per heavy atom. The summed E-state index contributed by atoms with van der Waals surface area (Å²) in [4.78, 5) is 4.37. The van der Waals surface area contributed by atoms with Crippen molar-refractivity contribution < 1.29 is 0 Å². The molecule has 66 valence electrons. The number of rotatable bonds is 0. The molecule has 0 radical (unpaired) electrons. The minimum atomic E-state index is 0.696. The molecule has 0 aliphatic carbocycles. The van der Waals surface area contributed by atoms with E-state index in [0.717, 1.165) is 21.1 Å². The SMILES string of the molecule is Cc1ccc2c(Br)ccc(Cl)c2n1. The molecule has 0 unspecified atom stereocenters. The lowest BCUT2D eigenvalue weighted by molar-refractivity contribution is 1.25. The normalized spacial score (nSPS) is 10.7. The number of hydrogen-bond donors (Lipinski definition) is 0. The lowest BCUT2D eigenvalue weighted by Crippen LogP contribution is -1.84. The Balaban J connectivity index is 2.92. The molecule has 3 heteroatoms. The molecule has 2 rings (SSSR count). The zero-order valence-corrected chi connectivity index (χ0v) is 9.35. The second kappa shape index (κ2) is 3.28. The summed E-state index contributed by atoms with van der Waals surface area (Å²) in [6.07, 6.45) is 0. The van der Waals surface area contributed by atoms with Gasteiger partial charge in [0.2, 0.25) is 0 Å². The van der Waals surface area contributed by atoms with E-state index < -0.39 is 0 Å². The third kappa shape index (κ3) is 1.56. The number of hydrogen-bond acceptors (Lipinski definition) is 1. The lowest BCUT2D eigenvalue weighted by atomic mass is 10.2. The molecule has 0 spiro atoms. The third-order valence-electron chi connectivity index (χ3n) is 1.89. The maximum atomic E-state index is 6.02. The summed E-state index contributed by atoms with van der Waals surface area (Å²) in [6.45, 7) is 1.96. The van der Waals surface area contributed by atoms with Gasteiger partial charge in [-0.15, -0.1) is 0 Å². The Hall–Kier alpha value is -0.600. The molecule has 0 saturated heterocycles. The van der Waals surface area contributed by atoms with Gasteiger partial charge in [-0.2, -0.15) is 0 Å². The Morgan fingerprint density at radius 2 is 2.00 bits per heavy atom. The van der Waals surface area contributed by atoms with Crippen LogP contribution in [0.15, 0.2) is 28.7 Å². The van der Waals surface area contributed by atoms with Crippen molar-refractivity contribution in [2.45, 2.75) is 6.92 Å². The van der Waals surface area contributed by atoms with Gasteiger partial charge >= 0.3 is 0 Å². The zero-order valence-electron chi connectivity index (χ0n) is 7.01. The molecule has 0 saturated carbocycles. The van der Waals surface area contributed by atoms with E-state index >= 15 is 0 Å². The van der Waals surface area contributed by atoms with E-state index in [1.54, 1.807) is 0 Å². The predicted octanol–water partition coefficient (Wildman–Crippen LogP) is 3.96. The van der Waals surface area contributed by atoms with Gasteiger partial charge in [0.15, 0.2) is 0 Å². The lowest BCUT2D eigenvalue weighted by Gasteiger charge is -2.02. The van der Waals surface area contributed by atoms with Crippen LogP contribution in [-0.2, 0) is 0 Å². The maximum Gasteiger partial charge on any atom is 0.0902 e. The van der Waals surface area contributed by atoms with Gasteiger partial charge in [-0.25, -0.2) is 0 Å². The van der Waals surface area contributed by atoms with Crippen molar-refractivity contribution in [3.63, 3.8) is 0 Å². The first-order chi connectivity index (χ1) is 6.18. The second-order valence-corrected chi connectivity index (χ2v) is 4.14. The number of aryl methyl sites for hydroxylation is 1. The van der Waals surface area contributed by atoms with Crippen LogP contribution in [0.4, 0.5) is 0 Å². The maximum absolute atomic E-state index is 6.02. The summed E-state index contributed by atoms with van der Waals surface area (Å²) in [5.74, 6) is 0. The fourth-order valence-electron chi connectivity index (χ4n) is 1.25. The van der Waals surface area contributed by atoms with Crippen LogP contribution in [-0.4, -0.2) is 4.98 Å². The van der Waals surface area contributed by atoms with Crippen LogP contribution in [0.1, 0.15) is 5.69 Å². The van der Waals surface area contributed by atoms with Crippen LogP contribution in [0.2, 0.25) is 5.02 Å². The highest BCUT2D eigenvalue weighted by Gasteiger charge is 2.03. The fourth-order valence-corrected chi connectivity index (χ4v) is 1.91.